The zero-order valence-corrected chi connectivity index (χ0v) is 22.1. The van der Waals surface area contributed by atoms with Crippen molar-refractivity contribution in [1.82, 2.24) is 24.7 Å². The fourth-order valence-electron chi connectivity index (χ4n) is 5.70. The number of likely N-dealkylation sites (tertiary alicyclic amines) is 2. The van der Waals surface area contributed by atoms with Crippen LogP contribution < -0.4 is 16.2 Å². The summed E-state index contributed by atoms with van der Waals surface area (Å²) in [6, 6.07) is 3.99. The molecule has 1 aromatic heterocycles. The maximum atomic E-state index is 13.5. The average molecular weight is 522 g/mol. The summed E-state index contributed by atoms with van der Waals surface area (Å²) in [5, 5.41) is 4.31. The van der Waals surface area contributed by atoms with Gasteiger partial charge in [-0.05, 0) is 62.5 Å². The van der Waals surface area contributed by atoms with Gasteiger partial charge in [0, 0.05) is 50.5 Å². The molecule has 0 aliphatic carbocycles. The Labute approximate surface area is 222 Å². The van der Waals surface area contributed by atoms with Crippen LogP contribution in [0.15, 0.2) is 48.2 Å². The topological polar surface area (TPSA) is 99.7 Å². The predicted octanol–water partition coefficient (Wildman–Crippen LogP) is 2.88. The molecule has 2 aromatic rings. The van der Waals surface area contributed by atoms with E-state index in [0.29, 0.717) is 50.8 Å². The van der Waals surface area contributed by atoms with Crippen LogP contribution in [0.1, 0.15) is 43.4 Å². The van der Waals surface area contributed by atoms with Crippen LogP contribution >= 0.6 is 0 Å². The summed E-state index contributed by atoms with van der Waals surface area (Å²) in [4.78, 5) is 34.8. The van der Waals surface area contributed by atoms with Gasteiger partial charge >= 0.3 is 0 Å². The second kappa shape index (κ2) is 10.7. The highest BCUT2D eigenvalue weighted by molar-refractivity contribution is 6.07. The molecule has 202 valence electrons. The summed E-state index contributed by atoms with van der Waals surface area (Å²) in [6.45, 7) is 10.8. The number of fused-ring (bicyclic) bond motifs is 1. The van der Waals surface area contributed by atoms with E-state index in [2.05, 4.69) is 22.9 Å². The van der Waals surface area contributed by atoms with Gasteiger partial charge in [-0.15, -0.1) is 0 Å². The first-order chi connectivity index (χ1) is 18.2. The summed E-state index contributed by atoms with van der Waals surface area (Å²) in [7, 11) is 0. The summed E-state index contributed by atoms with van der Waals surface area (Å²) in [6.07, 6.45) is 6.82. The number of aromatic nitrogens is 2. The zero-order chi connectivity index (χ0) is 27.0. The van der Waals surface area contributed by atoms with Gasteiger partial charge in [0.25, 0.3) is 5.91 Å². The minimum absolute atomic E-state index is 0.108. The Morgan fingerprint density at radius 1 is 1.26 bits per heavy atom. The zero-order valence-electron chi connectivity index (χ0n) is 22.1. The minimum Gasteiger partial charge on any atom is -0.385 e. The lowest BCUT2D eigenvalue weighted by molar-refractivity contribution is -0.126. The molecular formula is C28H36FN7O2. The number of hydrogen-bond acceptors (Lipinski definition) is 6. The minimum atomic E-state index is -0.763. The third kappa shape index (κ3) is 5.10. The molecule has 1 aromatic carbocycles. The fraction of sp³-hybridized carbons (Fsp3) is 0.464. The van der Waals surface area contributed by atoms with Gasteiger partial charge in [0.05, 0.1) is 17.1 Å². The number of benzene rings is 1. The van der Waals surface area contributed by atoms with Crippen LogP contribution in [0.3, 0.4) is 0 Å². The number of nitrogens with one attached hydrogen (secondary N) is 1. The molecule has 0 unspecified atom stereocenters. The molecule has 1 atom stereocenters. The number of nitrogens with two attached hydrogens (primary N) is 1. The van der Waals surface area contributed by atoms with Gasteiger partial charge in [-0.25, -0.2) is 20.2 Å². The molecule has 0 radical (unpaired) electrons. The molecule has 3 N–H and O–H groups in total. The van der Waals surface area contributed by atoms with E-state index in [-0.39, 0.29) is 17.9 Å². The number of nitrogens with zero attached hydrogens (tertiary/aromatic N) is 5. The highest BCUT2D eigenvalue weighted by atomic mass is 19.1. The normalized spacial score (nSPS) is 20.7. The smallest absolute Gasteiger partial charge is 0.274 e. The van der Waals surface area contributed by atoms with E-state index in [1.807, 2.05) is 35.5 Å². The third-order valence-corrected chi connectivity index (χ3v) is 7.59. The molecule has 4 heterocycles. The first kappa shape index (κ1) is 26.1. The van der Waals surface area contributed by atoms with Gasteiger partial charge in [0.15, 0.2) is 0 Å². The molecule has 5 rings (SSSR count). The maximum absolute atomic E-state index is 13.5. The summed E-state index contributed by atoms with van der Waals surface area (Å²) >= 11 is 0. The molecule has 10 heteroatoms. The summed E-state index contributed by atoms with van der Waals surface area (Å²) < 4.78 is 15.4. The Morgan fingerprint density at radius 3 is 2.76 bits per heavy atom. The monoisotopic (exact) mass is 521 g/mol. The molecule has 0 spiro atoms. The molecule has 3 aliphatic rings. The molecule has 9 nitrogen and oxygen atoms in total. The molecule has 2 amide bonds. The van der Waals surface area contributed by atoms with Crippen LogP contribution in [-0.2, 0) is 16.1 Å². The molecule has 0 bridgehead atoms. The van der Waals surface area contributed by atoms with E-state index in [9.17, 15) is 14.0 Å². The van der Waals surface area contributed by atoms with Crippen LogP contribution in [0.5, 0.6) is 0 Å². The second-order valence-corrected chi connectivity index (χ2v) is 10.5. The van der Waals surface area contributed by atoms with Gasteiger partial charge in [0.1, 0.15) is 6.17 Å². The highest BCUT2D eigenvalue weighted by Crippen LogP contribution is 2.34. The van der Waals surface area contributed by atoms with E-state index in [1.54, 1.807) is 6.08 Å². The van der Waals surface area contributed by atoms with E-state index in [4.69, 9.17) is 10.8 Å². The lowest BCUT2D eigenvalue weighted by atomic mass is 10.1. The van der Waals surface area contributed by atoms with Crippen molar-refractivity contribution in [2.24, 2.45) is 5.84 Å². The number of allylic oxidation sites excluding steroid dienone is 1. The Kier molecular flexibility index (Phi) is 7.36. The highest BCUT2D eigenvalue weighted by Gasteiger charge is 2.31. The Bertz CT molecular complexity index is 1320. The number of amides is 2. The number of rotatable bonds is 6. The van der Waals surface area contributed by atoms with Crippen LogP contribution in [0.4, 0.5) is 10.3 Å². The largest absolute Gasteiger partial charge is 0.385 e. The number of halogens is 1. The van der Waals surface area contributed by atoms with Crippen molar-refractivity contribution in [2.75, 3.05) is 37.7 Å². The quantitative estimate of drug-likeness (QED) is 0.263. The lowest BCUT2D eigenvalue weighted by Crippen LogP contribution is -2.47. The van der Waals surface area contributed by atoms with Crippen molar-refractivity contribution in [2.45, 2.75) is 51.9 Å². The molecule has 3 aliphatic heterocycles. The van der Waals surface area contributed by atoms with Crippen molar-refractivity contribution < 1.29 is 14.0 Å². The van der Waals surface area contributed by atoms with Crippen LogP contribution in [0, 0.1) is 6.92 Å². The van der Waals surface area contributed by atoms with E-state index >= 15 is 0 Å². The van der Waals surface area contributed by atoms with Gasteiger partial charge in [-0.1, -0.05) is 18.7 Å². The van der Waals surface area contributed by atoms with Crippen molar-refractivity contribution in [3.8, 4) is 0 Å². The number of carbonyl (C=O) groups is 2. The number of carbonyl (C=O) groups excluding carboxylic acids is 2. The number of hydrazine groups is 1. The molecule has 38 heavy (non-hydrogen) atoms. The Morgan fingerprint density at radius 2 is 2.05 bits per heavy atom. The van der Waals surface area contributed by atoms with Crippen molar-refractivity contribution >= 4 is 28.8 Å². The maximum Gasteiger partial charge on any atom is 0.274 e. The van der Waals surface area contributed by atoms with Crippen LogP contribution in [0.2, 0.25) is 0 Å². The number of alkyl halides is 1. The number of imidazole rings is 1. The standard InChI is InChI=1S/C28H36FN7O2/c1-4-25(37)34-10-6-5-7-23(17-34)35-26-18(2)11-20(14-33-15-22(29)16-33)13-24(26)32-28(35)36(30)27(38)21-8-9-31-19(3)12-21/h4,8,11-13,22-23,31H,1,5-7,9-10,14-17,30H2,2-3H3/t23-/m1/s1. The Balaban J connectivity index is 1.58. The van der Waals surface area contributed by atoms with Crippen LogP contribution in [-0.4, -0.2) is 70.1 Å². The van der Waals surface area contributed by atoms with E-state index < -0.39 is 6.17 Å². The van der Waals surface area contributed by atoms with Crippen LogP contribution in [0.25, 0.3) is 11.0 Å². The van der Waals surface area contributed by atoms with Gasteiger partial charge in [-0.3, -0.25) is 14.5 Å². The van der Waals surface area contributed by atoms with Gasteiger partial charge in [-0.2, -0.15) is 0 Å². The average Bonchev–Trinajstić information content (AvgIpc) is 3.09. The summed E-state index contributed by atoms with van der Waals surface area (Å²) in [5.41, 5.74) is 5.05. The van der Waals surface area contributed by atoms with Crippen molar-refractivity contribution in [1.29, 1.82) is 0 Å². The first-order valence-electron chi connectivity index (χ1n) is 13.3. The van der Waals surface area contributed by atoms with E-state index in [1.165, 1.54) is 6.08 Å². The third-order valence-electron chi connectivity index (χ3n) is 7.59. The lowest BCUT2D eigenvalue weighted by Gasteiger charge is -2.34. The predicted molar refractivity (Wildman–Crippen MR) is 146 cm³/mol. The van der Waals surface area contributed by atoms with Crippen molar-refractivity contribution in [3.05, 3.63) is 59.3 Å². The van der Waals surface area contributed by atoms with Gasteiger partial charge < -0.3 is 14.8 Å². The number of hydrogen-bond donors (Lipinski definition) is 2. The van der Waals surface area contributed by atoms with Gasteiger partial charge in [0.2, 0.25) is 11.9 Å². The number of anilines is 1. The number of aryl methyl sites for hydroxylation is 1. The molecule has 0 saturated carbocycles. The molecule has 2 saturated heterocycles. The second-order valence-electron chi connectivity index (χ2n) is 10.5. The van der Waals surface area contributed by atoms with Crippen molar-refractivity contribution in [3.63, 3.8) is 0 Å². The SMILES string of the molecule is C=CC(=O)N1CCCC[C@@H](n2c(N(N)C(=O)C3=CCNC(C)=C3)nc3cc(CN4CC(F)C4)cc(C)c32)C1. The Hall–Kier alpha value is -3.50. The first-order valence-corrected chi connectivity index (χ1v) is 13.3. The summed E-state index contributed by atoms with van der Waals surface area (Å²) in [5.74, 6) is 6.42. The molecular weight excluding hydrogens is 485 g/mol. The molecule has 2 fully saturated rings. The number of dihydropyridines is 1. The fourth-order valence-corrected chi connectivity index (χ4v) is 5.70. The van der Waals surface area contributed by atoms with E-state index in [0.717, 1.165) is 52.1 Å².